The van der Waals surface area contributed by atoms with Crippen LogP contribution in [0, 0.1) is 5.92 Å². The highest BCUT2D eigenvalue weighted by Crippen LogP contribution is 2.43. The highest BCUT2D eigenvalue weighted by molar-refractivity contribution is 6.36. The largest absolute Gasteiger partial charge is 0.461 e. The molecule has 0 saturated carbocycles. The highest BCUT2D eigenvalue weighted by atomic mass is 16.7. The minimum absolute atomic E-state index is 0.238. The number of hydrogen-bond donors (Lipinski definition) is 0. The van der Waals surface area contributed by atoms with E-state index in [0.717, 1.165) is 32.5 Å². The van der Waals surface area contributed by atoms with Gasteiger partial charge in [0.1, 0.15) is 0 Å². The third-order valence-electron chi connectivity index (χ3n) is 4.14. The first-order valence-electron chi connectivity index (χ1n) is 6.38. The monoisotopic (exact) mass is 238 g/mol. The lowest BCUT2D eigenvalue weighted by Crippen LogP contribution is -2.59. The Hall–Kier alpha value is -1.10. The molecule has 4 aliphatic heterocycles. The van der Waals surface area contributed by atoms with Gasteiger partial charge in [-0.15, -0.1) is 0 Å². The molecule has 3 saturated heterocycles. The summed E-state index contributed by atoms with van der Waals surface area (Å²) in [4.78, 5) is 19.7. The third kappa shape index (κ3) is 1.73. The van der Waals surface area contributed by atoms with E-state index in [1.807, 2.05) is 0 Å². The van der Waals surface area contributed by atoms with Crippen molar-refractivity contribution >= 4 is 11.7 Å². The van der Waals surface area contributed by atoms with Crippen LogP contribution in [0.5, 0.6) is 0 Å². The highest BCUT2D eigenvalue weighted by Gasteiger charge is 2.53. The van der Waals surface area contributed by atoms with Crippen molar-refractivity contribution in [1.82, 2.24) is 4.90 Å². The van der Waals surface area contributed by atoms with E-state index in [1.165, 1.54) is 0 Å². The van der Waals surface area contributed by atoms with Crippen LogP contribution in [-0.4, -0.2) is 48.4 Å². The van der Waals surface area contributed by atoms with Crippen molar-refractivity contribution in [1.29, 1.82) is 0 Å². The Balaban J connectivity index is 1.71. The van der Waals surface area contributed by atoms with Crippen LogP contribution in [0.25, 0.3) is 0 Å². The van der Waals surface area contributed by atoms with Gasteiger partial charge in [0.2, 0.25) is 0 Å². The molecule has 94 valence electrons. The number of ether oxygens (including phenoxy) is 1. The average molecular weight is 238 g/mol. The van der Waals surface area contributed by atoms with Crippen LogP contribution in [0.15, 0.2) is 5.16 Å². The summed E-state index contributed by atoms with van der Waals surface area (Å²) in [5, 5.41) is 3.97. The van der Waals surface area contributed by atoms with E-state index in [9.17, 15) is 4.79 Å². The van der Waals surface area contributed by atoms with E-state index >= 15 is 0 Å². The smallest absolute Gasteiger partial charge is 0.356 e. The van der Waals surface area contributed by atoms with Crippen LogP contribution >= 0.6 is 0 Å². The molecule has 0 aromatic carbocycles. The van der Waals surface area contributed by atoms with Gasteiger partial charge in [-0.25, -0.2) is 4.79 Å². The lowest BCUT2D eigenvalue weighted by molar-refractivity contribution is -0.136. The second-order valence-corrected chi connectivity index (χ2v) is 5.14. The van der Waals surface area contributed by atoms with Gasteiger partial charge in [0.15, 0.2) is 11.3 Å². The van der Waals surface area contributed by atoms with Crippen LogP contribution in [0.4, 0.5) is 0 Å². The van der Waals surface area contributed by atoms with Gasteiger partial charge in [0, 0.05) is 18.9 Å². The maximum atomic E-state index is 11.6. The van der Waals surface area contributed by atoms with E-state index in [0.29, 0.717) is 24.7 Å². The number of oxime groups is 1. The average Bonchev–Trinajstić information content (AvgIpc) is 2.75. The van der Waals surface area contributed by atoms with Gasteiger partial charge in [0.25, 0.3) is 0 Å². The zero-order valence-corrected chi connectivity index (χ0v) is 10.1. The molecular weight excluding hydrogens is 220 g/mol. The zero-order valence-electron chi connectivity index (χ0n) is 10.1. The SMILES string of the molecule is CCOC(=O)C1=NOC2(C1)CN1CCC2CC1. The number of rotatable bonds is 2. The Bertz CT molecular complexity index is 361. The Labute approximate surface area is 101 Å². The first-order chi connectivity index (χ1) is 8.23. The Kier molecular flexibility index (Phi) is 2.58. The summed E-state index contributed by atoms with van der Waals surface area (Å²) >= 11 is 0. The summed E-state index contributed by atoms with van der Waals surface area (Å²) in [6, 6.07) is 0. The molecule has 0 aliphatic carbocycles. The minimum atomic E-state index is -0.319. The Morgan fingerprint density at radius 3 is 2.94 bits per heavy atom. The molecule has 3 fully saturated rings. The molecule has 4 aliphatic rings. The molecule has 5 nitrogen and oxygen atoms in total. The second kappa shape index (κ2) is 3.98. The van der Waals surface area contributed by atoms with Crippen LogP contribution in [0.2, 0.25) is 0 Å². The van der Waals surface area contributed by atoms with Crippen molar-refractivity contribution in [2.75, 3.05) is 26.2 Å². The molecule has 1 unspecified atom stereocenters. The normalized spacial score (nSPS) is 39.0. The molecule has 5 heteroatoms. The van der Waals surface area contributed by atoms with Crippen LogP contribution in [0.1, 0.15) is 26.2 Å². The number of piperidine rings is 3. The van der Waals surface area contributed by atoms with Gasteiger partial charge in [-0.2, -0.15) is 0 Å². The number of carbonyl (C=O) groups is 1. The van der Waals surface area contributed by atoms with Crippen molar-refractivity contribution in [2.24, 2.45) is 11.1 Å². The molecule has 1 spiro atoms. The first kappa shape index (κ1) is 11.0. The van der Waals surface area contributed by atoms with Gasteiger partial charge >= 0.3 is 5.97 Å². The molecule has 0 radical (unpaired) electrons. The second-order valence-electron chi connectivity index (χ2n) is 5.14. The molecule has 17 heavy (non-hydrogen) atoms. The number of carbonyl (C=O) groups excluding carboxylic acids is 1. The Morgan fingerprint density at radius 1 is 1.59 bits per heavy atom. The fourth-order valence-electron chi connectivity index (χ4n) is 3.25. The molecule has 4 heterocycles. The van der Waals surface area contributed by atoms with Crippen LogP contribution < -0.4 is 0 Å². The predicted octanol–water partition coefficient (Wildman–Crippen LogP) is 0.790. The zero-order chi connectivity index (χ0) is 11.9. The maximum Gasteiger partial charge on any atom is 0.356 e. The molecule has 1 atom stereocenters. The van der Waals surface area contributed by atoms with Crippen molar-refractivity contribution < 1.29 is 14.4 Å². The molecule has 0 aromatic heterocycles. The molecule has 0 N–H and O–H groups in total. The molecule has 0 amide bonds. The lowest BCUT2D eigenvalue weighted by Gasteiger charge is -2.49. The number of nitrogens with zero attached hydrogens (tertiary/aromatic N) is 2. The van der Waals surface area contributed by atoms with Gasteiger partial charge in [-0.3, -0.25) is 4.90 Å². The van der Waals surface area contributed by atoms with Crippen molar-refractivity contribution in [3.63, 3.8) is 0 Å². The summed E-state index contributed by atoms with van der Waals surface area (Å²) in [6.07, 6.45) is 2.93. The quantitative estimate of drug-likeness (QED) is 0.667. The standard InChI is InChI=1S/C12H18N2O3/c1-2-16-11(15)10-7-12(17-13-10)8-14-5-3-9(12)4-6-14/h9H,2-8H2,1H3. The van der Waals surface area contributed by atoms with E-state index < -0.39 is 0 Å². The fraction of sp³-hybridized carbons (Fsp3) is 0.833. The van der Waals surface area contributed by atoms with Gasteiger partial charge in [-0.05, 0) is 32.9 Å². The summed E-state index contributed by atoms with van der Waals surface area (Å²) in [7, 11) is 0. The van der Waals surface area contributed by atoms with Gasteiger partial charge < -0.3 is 9.57 Å². The molecule has 2 bridgehead atoms. The lowest BCUT2D eigenvalue weighted by atomic mass is 9.73. The Morgan fingerprint density at radius 2 is 2.35 bits per heavy atom. The molecule has 4 rings (SSSR count). The van der Waals surface area contributed by atoms with E-state index in [-0.39, 0.29) is 11.6 Å². The summed E-state index contributed by atoms with van der Waals surface area (Å²) in [6.45, 7) is 5.41. The van der Waals surface area contributed by atoms with Crippen LogP contribution in [0.3, 0.4) is 0 Å². The van der Waals surface area contributed by atoms with Crippen LogP contribution in [-0.2, 0) is 14.4 Å². The van der Waals surface area contributed by atoms with Gasteiger partial charge in [-0.1, -0.05) is 5.16 Å². The van der Waals surface area contributed by atoms with Crippen molar-refractivity contribution in [2.45, 2.75) is 31.8 Å². The predicted molar refractivity (Wildman–Crippen MR) is 61.7 cm³/mol. The maximum absolute atomic E-state index is 11.6. The number of hydrogen-bond acceptors (Lipinski definition) is 5. The van der Waals surface area contributed by atoms with Crippen molar-refractivity contribution in [3.8, 4) is 0 Å². The first-order valence-corrected chi connectivity index (χ1v) is 6.38. The number of fused-ring (bicyclic) bond motifs is 2. The molecule has 0 aromatic rings. The summed E-state index contributed by atoms with van der Waals surface area (Å²) in [5.41, 5.74) is 0.221. The van der Waals surface area contributed by atoms with Gasteiger partial charge in [0.05, 0.1) is 6.61 Å². The van der Waals surface area contributed by atoms with E-state index in [2.05, 4.69) is 10.1 Å². The van der Waals surface area contributed by atoms with Crippen molar-refractivity contribution in [3.05, 3.63) is 0 Å². The van der Waals surface area contributed by atoms with E-state index in [1.54, 1.807) is 6.92 Å². The topological polar surface area (TPSA) is 51.1 Å². The van der Waals surface area contributed by atoms with E-state index in [4.69, 9.17) is 9.57 Å². The summed E-state index contributed by atoms with van der Waals surface area (Å²) < 4.78 is 4.98. The fourth-order valence-corrected chi connectivity index (χ4v) is 3.25. The minimum Gasteiger partial charge on any atom is -0.461 e. The third-order valence-corrected chi connectivity index (χ3v) is 4.14. The molecular formula is C12H18N2O3. The number of esters is 1. The summed E-state index contributed by atoms with van der Waals surface area (Å²) in [5.74, 6) is 0.226.